The molecule has 18 heteroatoms. The van der Waals surface area contributed by atoms with Gasteiger partial charge in [0.25, 0.3) is 0 Å². The van der Waals surface area contributed by atoms with E-state index >= 15 is 0 Å². The number of esters is 3. The highest BCUT2D eigenvalue weighted by Gasteiger charge is 2.29. The Morgan fingerprint density at radius 1 is 0.277 bits per heavy atom. The summed E-state index contributed by atoms with van der Waals surface area (Å²) in [6, 6.07) is 0. The van der Waals surface area contributed by atoms with E-state index in [-0.39, 0.29) is 19.3 Å². The number of phosphoric ester groups is 2. The summed E-state index contributed by atoms with van der Waals surface area (Å²) in [7, 11) is -9.82. The standard InChI is InChI=1S/C83H136O16P2/c1-4-7-10-13-16-19-22-25-28-30-32-33-34-35-36-37-38-39-40-41-42-43-45-47-49-51-54-57-60-63-66-69-81(86)93-72-78(84)73-95-100(89,90)96-74-79(85)75-97-101(91,92)98-77-80(99-83(88)71-68-65-62-59-56-53-48-27-24-21-18-15-12-9-6-3)76-94-82(87)70-67-64-61-58-55-52-50-46-44-31-29-26-23-20-17-14-11-8-5-2/h7-12,16-21,25-29,32-33,35-36,44,46,48,52,55,61,64,78-80,84-85H,4-6,13-15,22-24,30-31,34,37-43,45,47,49-51,53-54,56-60,62-63,65-77H2,1-3H3,(H,89,90)(H,91,92)/b10-7-,11-8-,12-9-,19-16-,20-17-,21-18-,28-25-,29-26-,33-32-,36-35-,46-44-,48-27-,55-52-,64-61-. The number of hydrogen-bond donors (Lipinski definition) is 4. The molecule has 0 aromatic rings. The summed E-state index contributed by atoms with van der Waals surface area (Å²) >= 11 is 0. The van der Waals surface area contributed by atoms with Gasteiger partial charge in [0.2, 0.25) is 0 Å². The third-order valence-electron chi connectivity index (χ3n) is 15.4. The smallest absolute Gasteiger partial charge is 0.463 e. The summed E-state index contributed by atoms with van der Waals surface area (Å²) in [5, 5.41) is 20.6. The van der Waals surface area contributed by atoms with E-state index in [9.17, 15) is 43.5 Å². The number of unbranched alkanes of at least 4 members (excludes halogenated alkanes) is 20. The van der Waals surface area contributed by atoms with Crippen LogP contribution in [0, 0.1) is 0 Å². The number of allylic oxidation sites excluding steroid dienone is 28. The molecule has 0 aliphatic heterocycles. The molecular formula is C83H136O16P2. The number of rotatable bonds is 71. The van der Waals surface area contributed by atoms with E-state index in [0.29, 0.717) is 25.7 Å². The molecule has 574 valence electrons. The Hall–Kier alpha value is -5.09. The highest BCUT2D eigenvalue weighted by Crippen LogP contribution is 2.45. The number of carbonyl (C=O) groups is 3. The van der Waals surface area contributed by atoms with Crippen LogP contribution in [0.15, 0.2) is 170 Å². The van der Waals surface area contributed by atoms with Gasteiger partial charge < -0.3 is 34.2 Å². The number of aliphatic hydroxyl groups excluding tert-OH is 2. The van der Waals surface area contributed by atoms with E-state index in [2.05, 4.69) is 173 Å². The molecule has 0 spiro atoms. The van der Waals surface area contributed by atoms with Crippen molar-refractivity contribution in [3.05, 3.63) is 170 Å². The average Bonchev–Trinajstić information content (AvgIpc) is 1.14. The molecule has 0 aliphatic rings. The Morgan fingerprint density at radius 3 is 0.842 bits per heavy atom. The summed E-state index contributed by atoms with van der Waals surface area (Å²) in [4.78, 5) is 58.5. The van der Waals surface area contributed by atoms with Gasteiger partial charge in [-0.1, -0.05) is 294 Å². The fourth-order valence-electron chi connectivity index (χ4n) is 9.70. The van der Waals surface area contributed by atoms with Crippen molar-refractivity contribution in [1.29, 1.82) is 0 Å². The van der Waals surface area contributed by atoms with Crippen molar-refractivity contribution in [2.24, 2.45) is 0 Å². The molecule has 0 rings (SSSR count). The molecule has 16 nitrogen and oxygen atoms in total. The molecule has 0 fully saturated rings. The van der Waals surface area contributed by atoms with Gasteiger partial charge in [-0.2, -0.15) is 0 Å². The molecule has 0 aromatic carbocycles. The minimum absolute atomic E-state index is 0.0358. The molecule has 0 heterocycles. The fourth-order valence-corrected chi connectivity index (χ4v) is 11.3. The van der Waals surface area contributed by atoms with Crippen molar-refractivity contribution in [2.75, 3.05) is 39.6 Å². The van der Waals surface area contributed by atoms with Gasteiger partial charge in [0.15, 0.2) is 6.10 Å². The van der Waals surface area contributed by atoms with Crippen molar-refractivity contribution in [1.82, 2.24) is 0 Å². The third kappa shape index (κ3) is 75.9. The summed E-state index contributed by atoms with van der Waals surface area (Å²) in [5.41, 5.74) is 0. The Bertz CT molecular complexity index is 2520. The predicted octanol–water partition coefficient (Wildman–Crippen LogP) is 22.4. The van der Waals surface area contributed by atoms with E-state index in [1.54, 1.807) is 0 Å². The van der Waals surface area contributed by atoms with Crippen molar-refractivity contribution < 1.29 is 75.8 Å². The molecule has 5 unspecified atom stereocenters. The molecular weight excluding hydrogens is 1310 g/mol. The summed E-state index contributed by atoms with van der Waals surface area (Å²) < 4.78 is 60.9. The van der Waals surface area contributed by atoms with Crippen LogP contribution in [0.25, 0.3) is 0 Å². The first kappa shape index (κ1) is 95.9. The Labute approximate surface area is 612 Å². The highest BCUT2D eigenvalue weighted by molar-refractivity contribution is 7.47. The third-order valence-corrected chi connectivity index (χ3v) is 17.3. The van der Waals surface area contributed by atoms with Crippen LogP contribution in [0.2, 0.25) is 0 Å². The van der Waals surface area contributed by atoms with Gasteiger partial charge in [-0.15, -0.1) is 0 Å². The minimum Gasteiger partial charge on any atom is -0.463 e. The van der Waals surface area contributed by atoms with Crippen LogP contribution in [0.3, 0.4) is 0 Å². The molecule has 0 aromatic heterocycles. The summed E-state index contributed by atoms with van der Waals surface area (Å²) in [5.74, 6) is -1.70. The minimum atomic E-state index is -4.95. The molecule has 0 saturated heterocycles. The average molecular weight is 1450 g/mol. The van der Waals surface area contributed by atoms with Crippen LogP contribution in [-0.4, -0.2) is 95.9 Å². The number of phosphoric acid groups is 2. The van der Waals surface area contributed by atoms with E-state index in [1.165, 1.54) is 77.0 Å². The zero-order valence-electron chi connectivity index (χ0n) is 62.5. The van der Waals surface area contributed by atoms with Crippen LogP contribution in [0.5, 0.6) is 0 Å². The van der Waals surface area contributed by atoms with Crippen LogP contribution < -0.4 is 0 Å². The Morgan fingerprint density at radius 2 is 0.515 bits per heavy atom. The largest absolute Gasteiger partial charge is 0.472 e. The molecule has 5 atom stereocenters. The number of ether oxygens (including phenoxy) is 3. The topological polar surface area (TPSA) is 231 Å². The second-order valence-corrected chi connectivity index (χ2v) is 27.9. The quantitative estimate of drug-likeness (QED) is 0.0146. The SMILES string of the molecule is CC/C=C\C/C=C\C/C=C\C/C=C\C/C=C\C/C=C\CCC(=O)OCC(COP(=O)(O)OCC(O)COP(=O)(O)OCC(O)COC(=O)CCCCCCCCCCCCCCCCC/C=C\C/C=C\C/C=C\C/C=C\C/C=C\CC)OC(=O)CCCCCCC/C=C\C/C=C\C/C=C\CC. The van der Waals surface area contributed by atoms with Crippen LogP contribution >= 0.6 is 15.6 Å². The molecule has 0 aliphatic carbocycles. The lowest BCUT2D eigenvalue weighted by Gasteiger charge is -2.21. The Balaban J connectivity index is 4.54. The van der Waals surface area contributed by atoms with E-state index in [4.69, 9.17) is 32.3 Å². The maximum absolute atomic E-state index is 12.9. The van der Waals surface area contributed by atoms with Gasteiger partial charge in [0.1, 0.15) is 25.4 Å². The second-order valence-electron chi connectivity index (χ2n) is 25.0. The first-order valence-electron chi connectivity index (χ1n) is 38.4. The number of aliphatic hydroxyl groups is 2. The Kier molecular flexibility index (Phi) is 70.9. The summed E-state index contributed by atoms with van der Waals surface area (Å²) in [6.45, 7) is 2.21. The lowest BCUT2D eigenvalue weighted by atomic mass is 10.0. The highest BCUT2D eigenvalue weighted by atomic mass is 31.2. The van der Waals surface area contributed by atoms with E-state index < -0.39 is 91.5 Å². The normalized spacial score (nSPS) is 15.0. The first-order valence-corrected chi connectivity index (χ1v) is 41.4. The van der Waals surface area contributed by atoms with Crippen molar-refractivity contribution in [3.63, 3.8) is 0 Å². The van der Waals surface area contributed by atoms with Gasteiger partial charge in [0, 0.05) is 19.3 Å². The maximum Gasteiger partial charge on any atom is 0.472 e. The summed E-state index contributed by atoms with van der Waals surface area (Å²) in [6.07, 6.45) is 94.3. The zero-order chi connectivity index (χ0) is 73.7. The molecule has 0 saturated carbocycles. The van der Waals surface area contributed by atoms with Gasteiger partial charge in [-0.05, 0) is 135 Å². The molecule has 4 N–H and O–H groups in total. The van der Waals surface area contributed by atoms with Gasteiger partial charge in [-0.3, -0.25) is 32.5 Å². The van der Waals surface area contributed by atoms with Crippen molar-refractivity contribution in [3.8, 4) is 0 Å². The van der Waals surface area contributed by atoms with Gasteiger partial charge in [0.05, 0.1) is 26.4 Å². The zero-order valence-corrected chi connectivity index (χ0v) is 64.3. The fraction of sp³-hybridized carbons (Fsp3) is 0.627. The van der Waals surface area contributed by atoms with E-state index in [1.807, 2.05) is 18.2 Å². The van der Waals surface area contributed by atoms with Gasteiger partial charge in [-0.25, -0.2) is 9.13 Å². The van der Waals surface area contributed by atoms with Crippen LogP contribution in [0.4, 0.5) is 0 Å². The van der Waals surface area contributed by atoms with Crippen LogP contribution in [-0.2, 0) is 55.8 Å². The number of hydrogen-bond acceptors (Lipinski definition) is 14. The van der Waals surface area contributed by atoms with Crippen LogP contribution in [0.1, 0.15) is 278 Å². The molecule has 101 heavy (non-hydrogen) atoms. The molecule has 0 amide bonds. The van der Waals surface area contributed by atoms with E-state index in [0.717, 1.165) is 135 Å². The monoisotopic (exact) mass is 1450 g/mol. The first-order chi connectivity index (χ1) is 49.2. The maximum atomic E-state index is 12.9. The second kappa shape index (κ2) is 74.6. The molecule has 0 bridgehead atoms. The lowest BCUT2D eigenvalue weighted by Crippen LogP contribution is -2.30. The predicted molar refractivity (Wildman–Crippen MR) is 417 cm³/mol. The lowest BCUT2D eigenvalue weighted by molar-refractivity contribution is -0.161. The molecule has 0 radical (unpaired) electrons. The number of carbonyl (C=O) groups excluding carboxylic acids is 3. The van der Waals surface area contributed by atoms with Gasteiger partial charge >= 0.3 is 33.6 Å². The van der Waals surface area contributed by atoms with Crippen molar-refractivity contribution >= 4 is 33.6 Å². The van der Waals surface area contributed by atoms with Crippen molar-refractivity contribution in [2.45, 2.75) is 296 Å².